The second-order valence-electron chi connectivity index (χ2n) is 7.58. The standard InChI is InChI=1S/C22H20N4O3S2/c27-22-20-19(24-21(25-22)18-6-1-2-7-23-18)17(14-30-20)16-5-3-4-15(12-16)13-26-8-10-31(28,29)11-9-26/h1-7,12,14H,8-11,13H2,(H,24,25,27). The summed E-state index contributed by atoms with van der Waals surface area (Å²) in [7, 11) is -2.89. The molecule has 5 rings (SSSR count). The molecule has 7 nitrogen and oxygen atoms in total. The second kappa shape index (κ2) is 7.99. The molecule has 1 aliphatic heterocycles. The number of nitrogens with zero attached hydrogens (tertiary/aromatic N) is 3. The quantitative estimate of drug-likeness (QED) is 0.511. The Morgan fingerprint density at radius 2 is 1.94 bits per heavy atom. The van der Waals surface area contributed by atoms with E-state index in [2.05, 4.69) is 20.9 Å². The van der Waals surface area contributed by atoms with Crippen molar-refractivity contribution in [3.63, 3.8) is 0 Å². The minimum atomic E-state index is -2.89. The van der Waals surface area contributed by atoms with Gasteiger partial charge in [-0.3, -0.25) is 14.7 Å². The van der Waals surface area contributed by atoms with Gasteiger partial charge in [-0.25, -0.2) is 13.4 Å². The van der Waals surface area contributed by atoms with Crippen LogP contribution in [0.4, 0.5) is 0 Å². The van der Waals surface area contributed by atoms with Crippen molar-refractivity contribution in [1.29, 1.82) is 0 Å². The number of aromatic amines is 1. The lowest BCUT2D eigenvalue weighted by molar-refractivity contribution is 0.288. The Labute approximate surface area is 183 Å². The van der Waals surface area contributed by atoms with E-state index in [9.17, 15) is 13.2 Å². The van der Waals surface area contributed by atoms with Gasteiger partial charge in [-0.05, 0) is 29.3 Å². The number of fused-ring (bicyclic) bond motifs is 1. The minimum absolute atomic E-state index is 0.174. The van der Waals surface area contributed by atoms with E-state index in [1.807, 2.05) is 41.8 Å². The molecule has 0 amide bonds. The first-order valence-corrected chi connectivity index (χ1v) is 12.6. The van der Waals surface area contributed by atoms with E-state index in [0.717, 1.165) is 16.7 Å². The average molecular weight is 453 g/mol. The topological polar surface area (TPSA) is 96.0 Å². The SMILES string of the molecule is O=c1[nH]c(-c2ccccn2)nc2c(-c3cccc(CN4CCS(=O)(=O)CC4)c3)csc12. The van der Waals surface area contributed by atoms with Gasteiger partial charge in [0, 0.05) is 36.8 Å². The van der Waals surface area contributed by atoms with E-state index in [1.54, 1.807) is 6.20 Å². The molecule has 4 heterocycles. The summed E-state index contributed by atoms with van der Waals surface area (Å²) in [4.78, 5) is 26.6. The molecule has 0 aliphatic carbocycles. The zero-order valence-corrected chi connectivity index (χ0v) is 18.2. The Hall–Kier alpha value is -2.88. The molecule has 4 aromatic rings. The zero-order chi connectivity index (χ0) is 21.4. The minimum Gasteiger partial charge on any atom is -0.304 e. The number of aromatic nitrogens is 3. The Kier molecular flexibility index (Phi) is 5.17. The van der Waals surface area contributed by atoms with Gasteiger partial charge in [-0.1, -0.05) is 24.3 Å². The summed E-state index contributed by atoms with van der Waals surface area (Å²) in [5, 5.41) is 1.96. The zero-order valence-electron chi connectivity index (χ0n) is 16.6. The third kappa shape index (κ3) is 4.16. The largest absolute Gasteiger partial charge is 0.304 e. The first kappa shape index (κ1) is 20.0. The van der Waals surface area contributed by atoms with Gasteiger partial charge in [0.05, 0.1) is 17.0 Å². The molecule has 3 aromatic heterocycles. The predicted octanol–water partition coefficient (Wildman–Crippen LogP) is 2.94. The van der Waals surface area contributed by atoms with Crippen molar-refractivity contribution in [1.82, 2.24) is 19.9 Å². The molecule has 1 N–H and O–H groups in total. The molecule has 0 bridgehead atoms. The number of benzene rings is 1. The van der Waals surface area contributed by atoms with Gasteiger partial charge < -0.3 is 4.98 Å². The fourth-order valence-electron chi connectivity index (χ4n) is 3.76. The van der Waals surface area contributed by atoms with Crippen LogP contribution in [0.1, 0.15) is 5.56 Å². The van der Waals surface area contributed by atoms with Crippen LogP contribution < -0.4 is 5.56 Å². The molecule has 31 heavy (non-hydrogen) atoms. The van der Waals surface area contributed by atoms with Gasteiger partial charge >= 0.3 is 0 Å². The van der Waals surface area contributed by atoms with Crippen LogP contribution in [-0.2, 0) is 16.4 Å². The van der Waals surface area contributed by atoms with Crippen LogP contribution in [0.5, 0.6) is 0 Å². The molecule has 1 saturated heterocycles. The number of pyridine rings is 1. The van der Waals surface area contributed by atoms with E-state index in [-0.39, 0.29) is 17.1 Å². The van der Waals surface area contributed by atoms with Crippen LogP contribution in [0.3, 0.4) is 0 Å². The van der Waals surface area contributed by atoms with Gasteiger partial charge in [-0.15, -0.1) is 11.3 Å². The summed E-state index contributed by atoms with van der Waals surface area (Å²) in [5.74, 6) is 0.874. The third-order valence-corrected chi connectivity index (χ3v) is 7.99. The van der Waals surface area contributed by atoms with Crippen molar-refractivity contribution in [2.45, 2.75) is 6.54 Å². The van der Waals surface area contributed by atoms with Crippen molar-refractivity contribution < 1.29 is 8.42 Å². The summed E-state index contributed by atoms with van der Waals surface area (Å²) in [6, 6.07) is 13.6. The Morgan fingerprint density at radius 3 is 2.71 bits per heavy atom. The number of sulfone groups is 1. The number of nitrogens with one attached hydrogen (secondary N) is 1. The fraction of sp³-hybridized carbons (Fsp3) is 0.227. The van der Waals surface area contributed by atoms with Gasteiger partial charge in [-0.2, -0.15) is 0 Å². The van der Waals surface area contributed by atoms with Crippen molar-refractivity contribution in [3.8, 4) is 22.6 Å². The van der Waals surface area contributed by atoms with Crippen LogP contribution in [0.15, 0.2) is 58.8 Å². The Morgan fingerprint density at radius 1 is 1.10 bits per heavy atom. The molecule has 158 valence electrons. The van der Waals surface area contributed by atoms with Gasteiger partial charge in [0.2, 0.25) is 0 Å². The number of H-pyrrole nitrogens is 1. The maximum absolute atomic E-state index is 12.6. The summed E-state index contributed by atoms with van der Waals surface area (Å²) in [6.07, 6.45) is 1.67. The number of thiophene rings is 1. The highest BCUT2D eigenvalue weighted by atomic mass is 32.2. The first-order chi connectivity index (χ1) is 15.0. The molecule has 1 aliphatic rings. The normalized spacial score (nSPS) is 16.5. The summed E-state index contributed by atoms with van der Waals surface area (Å²) in [6.45, 7) is 1.80. The maximum Gasteiger partial charge on any atom is 0.269 e. The van der Waals surface area contributed by atoms with E-state index in [4.69, 9.17) is 4.98 Å². The third-order valence-electron chi connectivity index (χ3n) is 5.42. The van der Waals surface area contributed by atoms with Gasteiger partial charge in [0.1, 0.15) is 10.4 Å². The van der Waals surface area contributed by atoms with Crippen LogP contribution >= 0.6 is 11.3 Å². The van der Waals surface area contributed by atoms with Crippen molar-refractivity contribution in [3.05, 3.63) is 70.0 Å². The van der Waals surface area contributed by atoms with E-state index >= 15 is 0 Å². The van der Waals surface area contributed by atoms with Gasteiger partial charge in [0.15, 0.2) is 15.7 Å². The molecule has 0 radical (unpaired) electrons. The molecular weight excluding hydrogens is 432 g/mol. The molecule has 0 unspecified atom stereocenters. The summed E-state index contributed by atoms with van der Waals surface area (Å²) >= 11 is 1.38. The number of rotatable bonds is 4. The highest BCUT2D eigenvalue weighted by Gasteiger charge is 2.21. The lowest BCUT2D eigenvalue weighted by Gasteiger charge is -2.26. The summed E-state index contributed by atoms with van der Waals surface area (Å²) < 4.78 is 23.9. The monoisotopic (exact) mass is 452 g/mol. The number of hydrogen-bond donors (Lipinski definition) is 1. The van der Waals surface area contributed by atoms with Crippen molar-refractivity contribution in [2.24, 2.45) is 0 Å². The van der Waals surface area contributed by atoms with Crippen molar-refractivity contribution >= 4 is 31.4 Å². The molecule has 0 saturated carbocycles. The molecule has 1 fully saturated rings. The van der Waals surface area contributed by atoms with E-state index < -0.39 is 9.84 Å². The van der Waals surface area contributed by atoms with E-state index in [0.29, 0.717) is 41.4 Å². The van der Waals surface area contributed by atoms with Gasteiger partial charge in [0.25, 0.3) is 5.56 Å². The fourth-order valence-corrected chi connectivity index (χ4v) is 5.95. The van der Waals surface area contributed by atoms with Crippen LogP contribution in [0, 0.1) is 0 Å². The van der Waals surface area contributed by atoms with Crippen molar-refractivity contribution in [2.75, 3.05) is 24.6 Å². The van der Waals surface area contributed by atoms with Crippen LogP contribution in [0.25, 0.3) is 32.9 Å². The highest BCUT2D eigenvalue weighted by Crippen LogP contribution is 2.32. The highest BCUT2D eigenvalue weighted by molar-refractivity contribution is 7.91. The molecular formula is C22H20N4O3S2. The number of hydrogen-bond acceptors (Lipinski definition) is 7. The van der Waals surface area contributed by atoms with Crippen LogP contribution in [-0.4, -0.2) is 52.9 Å². The molecule has 9 heteroatoms. The molecule has 0 atom stereocenters. The maximum atomic E-state index is 12.6. The Balaban J connectivity index is 1.49. The average Bonchev–Trinajstić information content (AvgIpc) is 3.21. The summed E-state index contributed by atoms with van der Waals surface area (Å²) in [5.41, 5.74) is 4.10. The lowest BCUT2D eigenvalue weighted by atomic mass is 10.0. The first-order valence-electron chi connectivity index (χ1n) is 9.93. The Bertz CT molecular complexity index is 1400. The smallest absolute Gasteiger partial charge is 0.269 e. The second-order valence-corrected chi connectivity index (χ2v) is 10.8. The van der Waals surface area contributed by atoms with E-state index in [1.165, 1.54) is 11.3 Å². The lowest BCUT2D eigenvalue weighted by Crippen LogP contribution is -2.39. The van der Waals surface area contributed by atoms with Crippen LogP contribution in [0.2, 0.25) is 0 Å². The molecule has 1 aromatic carbocycles. The predicted molar refractivity (Wildman–Crippen MR) is 123 cm³/mol. The molecule has 0 spiro atoms.